The van der Waals surface area contributed by atoms with E-state index in [-0.39, 0.29) is 5.91 Å². The molecule has 0 aromatic carbocycles. The molecule has 0 aromatic heterocycles. The van der Waals surface area contributed by atoms with Crippen LogP contribution in [0, 0.1) is 11.8 Å². The lowest BCUT2D eigenvalue weighted by molar-refractivity contribution is -0.130. The fraction of sp³-hybridized carbons (Fsp3) is 0.867. The average Bonchev–Trinajstić information content (AvgIpc) is 2.26. The molecule has 1 amide bonds. The lowest BCUT2D eigenvalue weighted by Gasteiger charge is -2.42. The van der Waals surface area contributed by atoms with E-state index in [1.54, 1.807) is 13.8 Å². The first-order valence-electron chi connectivity index (χ1n) is 7.43. The van der Waals surface area contributed by atoms with Crippen molar-refractivity contribution in [1.29, 1.82) is 0 Å². The molecule has 0 spiro atoms. The van der Waals surface area contributed by atoms with E-state index in [1.165, 1.54) is 0 Å². The quantitative estimate of drug-likeness (QED) is 0.775. The molecule has 1 saturated heterocycles. The van der Waals surface area contributed by atoms with Crippen molar-refractivity contribution in [1.82, 2.24) is 9.80 Å². The van der Waals surface area contributed by atoms with Gasteiger partial charge in [-0.25, -0.2) is 0 Å². The van der Waals surface area contributed by atoms with Gasteiger partial charge in [0.2, 0.25) is 5.91 Å². The number of likely N-dealkylation sites (tertiary alicyclic amines) is 1. The third-order valence-corrected chi connectivity index (χ3v) is 4.92. The average molecular weight is 266 g/mol. The largest absolute Gasteiger partial charge is 0.343 e. The summed E-state index contributed by atoms with van der Waals surface area (Å²) in [6, 6.07) is 0.597. The first-order valence-corrected chi connectivity index (χ1v) is 7.43. The molecule has 4 nitrogen and oxygen atoms in total. The van der Waals surface area contributed by atoms with Gasteiger partial charge in [0, 0.05) is 38.5 Å². The van der Waals surface area contributed by atoms with Crippen LogP contribution in [0.15, 0.2) is 0 Å². The summed E-state index contributed by atoms with van der Waals surface area (Å²) in [6.45, 7) is 6.30. The maximum Gasteiger partial charge on any atom is 0.219 e. The van der Waals surface area contributed by atoms with Gasteiger partial charge >= 0.3 is 0 Å². The van der Waals surface area contributed by atoms with Gasteiger partial charge in [-0.15, -0.1) is 0 Å². The molecule has 2 fully saturated rings. The molecule has 1 saturated carbocycles. The SMILES string of the molecule is CC(=O)C1CC(N(C)CC2CCN(C(C)=O)CC2)C1. The maximum atomic E-state index is 11.3. The molecule has 1 heterocycles. The van der Waals surface area contributed by atoms with Crippen molar-refractivity contribution in [2.75, 3.05) is 26.7 Å². The number of nitrogens with zero attached hydrogens (tertiary/aromatic N) is 2. The summed E-state index contributed by atoms with van der Waals surface area (Å²) in [5, 5.41) is 0. The fourth-order valence-corrected chi connectivity index (χ4v) is 3.27. The minimum absolute atomic E-state index is 0.204. The monoisotopic (exact) mass is 266 g/mol. The third-order valence-electron chi connectivity index (χ3n) is 4.92. The van der Waals surface area contributed by atoms with Gasteiger partial charge in [0.05, 0.1) is 0 Å². The second-order valence-corrected chi connectivity index (χ2v) is 6.32. The van der Waals surface area contributed by atoms with Crippen LogP contribution in [0.2, 0.25) is 0 Å². The van der Waals surface area contributed by atoms with Crippen LogP contribution in [-0.2, 0) is 9.59 Å². The molecule has 4 heteroatoms. The van der Waals surface area contributed by atoms with E-state index in [2.05, 4.69) is 11.9 Å². The molecule has 2 rings (SSSR count). The van der Waals surface area contributed by atoms with Crippen molar-refractivity contribution < 1.29 is 9.59 Å². The zero-order valence-electron chi connectivity index (χ0n) is 12.4. The van der Waals surface area contributed by atoms with Gasteiger partial charge in [0.1, 0.15) is 5.78 Å². The zero-order chi connectivity index (χ0) is 14.0. The van der Waals surface area contributed by atoms with Crippen LogP contribution in [0.4, 0.5) is 0 Å². The number of Topliss-reactive ketones (excluding diaryl/α,β-unsaturated/α-hetero) is 1. The van der Waals surface area contributed by atoms with Crippen LogP contribution in [0.1, 0.15) is 39.5 Å². The van der Waals surface area contributed by atoms with Crippen molar-refractivity contribution >= 4 is 11.7 Å². The fourth-order valence-electron chi connectivity index (χ4n) is 3.27. The van der Waals surface area contributed by atoms with Gasteiger partial charge in [-0.3, -0.25) is 9.59 Å². The van der Waals surface area contributed by atoms with E-state index in [1.807, 2.05) is 4.90 Å². The Hall–Kier alpha value is -0.900. The molecule has 0 radical (unpaired) electrons. The summed E-state index contributed by atoms with van der Waals surface area (Å²) in [4.78, 5) is 26.9. The first kappa shape index (κ1) is 14.5. The Morgan fingerprint density at radius 2 is 1.74 bits per heavy atom. The highest BCUT2D eigenvalue weighted by atomic mass is 16.2. The van der Waals surface area contributed by atoms with Crippen LogP contribution in [0.5, 0.6) is 0 Å². The van der Waals surface area contributed by atoms with Crippen molar-refractivity contribution in [3.05, 3.63) is 0 Å². The summed E-state index contributed by atoms with van der Waals surface area (Å²) >= 11 is 0. The summed E-state index contributed by atoms with van der Waals surface area (Å²) in [5.74, 6) is 1.57. The predicted molar refractivity (Wildman–Crippen MR) is 74.8 cm³/mol. The maximum absolute atomic E-state index is 11.3. The summed E-state index contributed by atoms with van der Waals surface area (Å²) < 4.78 is 0. The van der Waals surface area contributed by atoms with E-state index in [0.717, 1.165) is 45.3 Å². The molecular formula is C15H26N2O2. The number of carbonyl (C=O) groups is 2. The second-order valence-electron chi connectivity index (χ2n) is 6.32. The molecular weight excluding hydrogens is 240 g/mol. The Bertz CT molecular complexity index is 342. The van der Waals surface area contributed by atoms with Crippen molar-refractivity contribution in [2.45, 2.75) is 45.6 Å². The molecule has 1 aliphatic carbocycles. The second kappa shape index (κ2) is 6.04. The van der Waals surface area contributed by atoms with Crippen LogP contribution in [-0.4, -0.2) is 54.2 Å². The molecule has 1 aliphatic heterocycles. The molecule has 2 aliphatic rings. The van der Waals surface area contributed by atoms with Gasteiger partial charge in [-0.05, 0) is 45.6 Å². The molecule has 0 atom stereocenters. The van der Waals surface area contributed by atoms with Crippen LogP contribution >= 0.6 is 0 Å². The van der Waals surface area contributed by atoms with Gasteiger partial charge in [0.15, 0.2) is 0 Å². The number of carbonyl (C=O) groups excluding carboxylic acids is 2. The summed E-state index contributed by atoms with van der Waals surface area (Å²) in [5.41, 5.74) is 0. The number of hydrogen-bond acceptors (Lipinski definition) is 3. The Morgan fingerprint density at radius 3 is 2.21 bits per heavy atom. The van der Waals surface area contributed by atoms with Gasteiger partial charge in [-0.1, -0.05) is 0 Å². The Kier molecular flexibility index (Phi) is 4.61. The topological polar surface area (TPSA) is 40.6 Å². The molecule has 0 bridgehead atoms. The number of hydrogen-bond donors (Lipinski definition) is 0. The normalized spacial score (nSPS) is 28.3. The van der Waals surface area contributed by atoms with E-state index in [4.69, 9.17) is 0 Å². The zero-order valence-corrected chi connectivity index (χ0v) is 12.4. The minimum atomic E-state index is 0.204. The molecule has 0 aromatic rings. The highest BCUT2D eigenvalue weighted by molar-refractivity contribution is 5.79. The summed E-state index contributed by atoms with van der Waals surface area (Å²) in [6.07, 6.45) is 4.32. The van der Waals surface area contributed by atoms with Crippen LogP contribution in [0.25, 0.3) is 0 Å². The number of ketones is 1. The van der Waals surface area contributed by atoms with Gasteiger partial charge in [0.25, 0.3) is 0 Å². The number of piperidine rings is 1. The lowest BCUT2D eigenvalue weighted by atomic mass is 9.77. The minimum Gasteiger partial charge on any atom is -0.343 e. The predicted octanol–water partition coefficient (Wildman–Crippen LogP) is 1.54. The van der Waals surface area contributed by atoms with Crippen LogP contribution in [0.3, 0.4) is 0 Å². The third kappa shape index (κ3) is 3.56. The van der Waals surface area contributed by atoms with E-state index < -0.39 is 0 Å². The Labute approximate surface area is 116 Å². The highest BCUT2D eigenvalue weighted by Gasteiger charge is 2.35. The molecule has 108 valence electrons. The Balaban J connectivity index is 1.69. The Morgan fingerprint density at radius 1 is 1.16 bits per heavy atom. The molecule has 19 heavy (non-hydrogen) atoms. The number of amides is 1. The van der Waals surface area contributed by atoms with Gasteiger partial charge in [-0.2, -0.15) is 0 Å². The standard InChI is InChI=1S/C15H26N2O2/c1-11(18)14-8-15(9-14)16(3)10-13-4-6-17(7-5-13)12(2)19/h13-15H,4-10H2,1-3H3. The van der Waals surface area contributed by atoms with E-state index >= 15 is 0 Å². The molecule has 0 unspecified atom stereocenters. The highest BCUT2D eigenvalue weighted by Crippen LogP contribution is 2.32. The molecule has 0 N–H and O–H groups in total. The van der Waals surface area contributed by atoms with Crippen molar-refractivity contribution in [3.63, 3.8) is 0 Å². The summed E-state index contributed by atoms with van der Waals surface area (Å²) in [7, 11) is 2.18. The van der Waals surface area contributed by atoms with E-state index in [9.17, 15) is 9.59 Å². The van der Waals surface area contributed by atoms with Crippen molar-refractivity contribution in [3.8, 4) is 0 Å². The number of rotatable bonds is 4. The van der Waals surface area contributed by atoms with E-state index in [0.29, 0.717) is 23.7 Å². The van der Waals surface area contributed by atoms with Crippen molar-refractivity contribution in [2.24, 2.45) is 11.8 Å². The van der Waals surface area contributed by atoms with Gasteiger partial charge < -0.3 is 9.80 Å². The first-order chi connectivity index (χ1) is 8.97. The van der Waals surface area contributed by atoms with Crippen LogP contribution < -0.4 is 0 Å². The lowest BCUT2D eigenvalue weighted by Crippen LogP contribution is -2.47. The smallest absolute Gasteiger partial charge is 0.219 e.